The molecule has 0 spiro atoms. The molecule has 0 aliphatic carbocycles. The number of aromatic nitrogens is 1. The van der Waals surface area contributed by atoms with Gasteiger partial charge in [-0.3, -0.25) is 10.3 Å². The lowest BCUT2D eigenvalue weighted by Gasteiger charge is -1.79. The Hall–Kier alpha value is -0.570. The average molecular weight is 113 g/mol. The molecule has 1 heterocycles. The zero-order valence-electron chi connectivity index (χ0n) is 3.96. The molecule has 1 aromatic heterocycles. The van der Waals surface area contributed by atoms with Crippen molar-refractivity contribution in [2.24, 2.45) is 0 Å². The van der Waals surface area contributed by atoms with Gasteiger partial charge in [0.05, 0.1) is 11.7 Å². The van der Waals surface area contributed by atoms with Crippen LogP contribution in [0, 0.1) is 0 Å². The minimum atomic E-state index is 0.986. The normalized spacial score (nSPS) is 8.71. The molecule has 0 aromatic carbocycles. The summed E-state index contributed by atoms with van der Waals surface area (Å²) in [6, 6.07) is 0. The number of rotatable bonds is 1. The summed E-state index contributed by atoms with van der Waals surface area (Å²) in [7, 11) is 1.76. The van der Waals surface area contributed by atoms with Crippen molar-refractivity contribution in [3.63, 3.8) is 0 Å². The van der Waals surface area contributed by atoms with Crippen LogP contribution < -0.4 is 5.32 Å². The van der Waals surface area contributed by atoms with Crippen LogP contribution in [0.3, 0.4) is 0 Å². The molecular weight excluding hydrogens is 108 g/mol. The van der Waals surface area contributed by atoms with E-state index in [4.69, 9.17) is 0 Å². The Kier molecular flexibility index (Phi) is 1.26. The van der Waals surface area contributed by atoms with Gasteiger partial charge >= 0.3 is 0 Å². The van der Waals surface area contributed by atoms with Crippen molar-refractivity contribution in [3.8, 4) is 0 Å². The molecule has 1 aromatic rings. The van der Waals surface area contributed by atoms with Gasteiger partial charge in [-0.25, -0.2) is 0 Å². The first-order chi connectivity index (χ1) is 3.43. The summed E-state index contributed by atoms with van der Waals surface area (Å²) in [5.74, 6) is 0. The molecule has 0 aliphatic rings. The first-order valence-corrected chi connectivity index (χ1v) is 2.80. The summed E-state index contributed by atoms with van der Waals surface area (Å²) in [6.07, 6.45) is 1.74. The zero-order valence-corrected chi connectivity index (χ0v) is 4.77. The van der Waals surface area contributed by atoms with Crippen molar-refractivity contribution in [3.05, 3.63) is 11.7 Å². The minimum absolute atomic E-state index is 0.986. The maximum atomic E-state index is 3.89. The van der Waals surface area contributed by atoms with E-state index in [2.05, 4.69) is 10.3 Å². The van der Waals surface area contributed by atoms with Gasteiger partial charge in [-0.15, -0.1) is 11.3 Å². The van der Waals surface area contributed by atoms with Crippen LogP contribution in [-0.2, 0) is 0 Å². The number of hydrogen-bond donors (Lipinski definition) is 0. The van der Waals surface area contributed by atoms with Crippen molar-refractivity contribution >= 4 is 16.3 Å². The van der Waals surface area contributed by atoms with Gasteiger partial charge in [0.2, 0.25) is 0 Å². The standard InChI is InChI=1S/C4H5N2S/c1-5-4-2-6-3-7-4/h2-3H,1H3. The minimum Gasteiger partial charge on any atom is -0.276 e. The van der Waals surface area contributed by atoms with E-state index in [0.717, 1.165) is 5.00 Å². The average Bonchev–Trinajstić information content (AvgIpc) is 2.14. The first kappa shape index (κ1) is 4.59. The van der Waals surface area contributed by atoms with E-state index in [0.29, 0.717) is 0 Å². The zero-order chi connectivity index (χ0) is 5.11. The Bertz CT molecular complexity index is 124. The molecule has 1 radical (unpaired) electrons. The lowest BCUT2D eigenvalue weighted by molar-refractivity contribution is 1.11. The summed E-state index contributed by atoms with van der Waals surface area (Å²) in [5, 5.41) is 4.87. The Morgan fingerprint density at radius 3 is 3.00 bits per heavy atom. The molecule has 0 aliphatic heterocycles. The highest BCUT2D eigenvalue weighted by Gasteiger charge is 1.84. The lowest BCUT2D eigenvalue weighted by Crippen LogP contribution is -1.78. The van der Waals surface area contributed by atoms with Crippen molar-refractivity contribution in [2.75, 3.05) is 7.05 Å². The Morgan fingerprint density at radius 2 is 2.71 bits per heavy atom. The van der Waals surface area contributed by atoms with Gasteiger partial charge in [0, 0.05) is 7.05 Å². The fraction of sp³-hybridized carbons (Fsp3) is 0.250. The Labute approximate surface area is 46.2 Å². The summed E-state index contributed by atoms with van der Waals surface area (Å²) >= 11 is 1.55. The molecule has 37 valence electrons. The fourth-order valence-electron chi connectivity index (χ4n) is 0.319. The van der Waals surface area contributed by atoms with Crippen molar-refractivity contribution in [1.82, 2.24) is 10.3 Å². The van der Waals surface area contributed by atoms with Crippen molar-refractivity contribution in [2.45, 2.75) is 0 Å². The molecule has 0 atom stereocenters. The maximum Gasteiger partial charge on any atom is 0.130 e. The molecule has 0 fully saturated rings. The van der Waals surface area contributed by atoms with Crippen LogP contribution in [0.5, 0.6) is 0 Å². The fourth-order valence-corrected chi connectivity index (χ4v) is 0.776. The topological polar surface area (TPSA) is 27.0 Å². The second-order valence-corrected chi connectivity index (χ2v) is 1.93. The highest BCUT2D eigenvalue weighted by Crippen LogP contribution is 2.09. The summed E-state index contributed by atoms with van der Waals surface area (Å²) < 4.78 is 0. The van der Waals surface area contributed by atoms with Crippen LogP contribution >= 0.6 is 11.3 Å². The van der Waals surface area contributed by atoms with Gasteiger partial charge < -0.3 is 0 Å². The van der Waals surface area contributed by atoms with Gasteiger partial charge in [0.15, 0.2) is 0 Å². The molecule has 0 bridgehead atoms. The molecule has 0 unspecified atom stereocenters. The molecule has 0 saturated carbocycles. The molecule has 0 N–H and O–H groups in total. The SMILES string of the molecule is C[N]c1cncs1. The summed E-state index contributed by atoms with van der Waals surface area (Å²) in [4.78, 5) is 3.82. The Morgan fingerprint density at radius 1 is 1.86 bits per heavy atom. The van der Waals surface area contributed by atoms with Gasteiger partial charge in [-0.2, -0.15) is 0 Å². The number of nitrogens with zero attached hydrogens (tertiary/aromatic N) is 2. The highest BCUT2D eigenvalue weighted by molar-refractivity contribution is 7.13. The number of hydrogen-bond acceptors (Lipinski definition) is 2. The summed E-state index contributed by atoms with van der Waals surface area (Å²) in [6.45, 7) is 0. The van der Waals surface area contributed by atoms with Crippen LogP contribution in [-0.4, -0.2) is 12.0 Å². The second-order valence-electron chi connectivity index (χ2n) is 1.06. The molecule has 7 heavy (non-hydrogen) atoms. The molecule has 1 rings (SSSR count). The van der Waals surface area contributed by atoms with Gasteiger partial charge in [-0.05, 0) is 0 Å². The van der Waals surface area contributed by atoms with E-state index in [1.165, 1.54) is 0 Å². The lowest BCUT2D eigenvalue weighted by atomic mass is 10.8. The van der Waals surface area contributed by atoms with E-state index in [1.54, 1.807) is 30.1 Å². The van der Waals surface area contributed by atoms with Crippen LogP contribution in [0.2, 0.25) is 0 Å². The Balaban J connectivity index is 2.76. The maximum absolute atomic E-state index is 3.89. The summed E-state index contributed by atoms with van der Waals surface area (Å²) in [5.41, 5.74) is 1.77. The smallest absolute Gasteiger partial charge is 0.130 e. The quantitative estimate of drug-likeness (QED) is 0.534. The van der Waals surface area contributed by atoms with Crippen molar-refractivity contribution in [1.29, 1.82) is 0 Å². The molecule has 2 nitrogen and oxygen atoms in total. The van der Waals surface area contributed by atoms with Gasteiger partial charge in [0.1, 0.15) is 5.00 Å². The van der Waals surface area contributed by atoms with Crippen LogP contribution in [0.15, 0.2) is 11.7 Å². The predicted octanol–water partition coefficient (Wildman–Crippen LogP) is 1.01. The second kappa shape index (κ2) is 1.93. The predicted molar refractivity (Wildman–Crippen MR) is 29.8 cm³/mol. The van der Waals surface area contributed by atoms with Crippen LogP contribution in [0.4, 0.5) is 5.00 Å². The van der Waals surface area contributed by atoms with Crippen LogP contribution in [0.25, 0.3) is 0 Å². The van der Waals surface area contributed by atoms with E-state index >= 15 is 0 Å². The van der Waals surface area contributed by atoms with E-state index < -0.39 is 0 Å². The largest absolute Gasteiger partial charge is 0.276 e. The highest BCUT2D eigenvalue weighted by atomic mass is 32.1. The molecule has 3 heteroatoms. The number of thiazole rings is 1. The first-order valence-electron chi connectivity index (χ1n) is 1.92. The third-order valence-corrected chi connectivity index (χ3v) is 1.40. The van der Waals surface area contributed by atoms with Gasteiger partial charge in [0.25, 0.3) is 0 Å². The van der Waals surface area contributed by atoms with Crippen LogP contribution in [0.1, 0.15) is 0 Å². The third kappa shape index (κ3) is 0.899. The molecule has 0 amide bonds. The van der Waals surface area contributed by atoms with E-state index in [1.807, 2.05) is 0 Å². The molecule has 0 saturated heterocycles. The van der Waals surface area contributed by atoms with Crippen molar-refractivity contribution < 1.29 is 0 Å². The molecular formula is C4H5N2S. The third-order valence-electron chi connectivity index (χ3n) is 0.640. The monoisotopic (exact) mass is 113 g/mol. The van der Waals surface area contributed by atoms with E-state index in [-0.39, 0.29) is 0 Å². The van der Waals surface area contributed by atoms with Gasteiger partial charge in [-0.1, -0.05) is 0 Å². The van der Waals surface area contributed by atoms with E-state index in [9.17, 15) is 0 Å².